The summed E-state index contributed by atoms with van der Waals surface area (Å²) < 4.78 is 33.3. The van der Waals surface area contributed by atoms with Gasteiger partial charge in [0, 0.05) is 6.20 Å². The second kappa shape index (κ2) is 13.8. The molecule has 36 heavy (non-hydrogen) atoms. The van der Waals surface area contributed by atoms with E-state index in [2.05, 4.69) is 0 Å². The van der Waals surface area contributed by atoms with Crippen LogP contribution in [0, 0.1) is 0 Å². The van der Waals surface area contributed by atoms with Gasteiger partial charge in [-0.3, -0.25) is 9.36 Å². The lowest BCUT2D eigenvalue weighted by atomic mass is 10.1. The molecule has 2 aromatic rings. The smallest absolute Gasteiger partial charge is 0.388 e. The maximum absolute atomic E-state index is 12.6. The van der Waals surface area contributed by atoms with Crippen LogP contribution in [0.3, 0.4) is 0 Å². The number of halogens is 2. The molecule has 0 bridgehead atoms. The molecule has 1 aliphatic heterocycles. The third-order valence-electron chi connectivity index (χ3n) is 3.74. The molecule has 22 heteroatoms. The van der Waals surface area contributed by atoms with Gasteiger partial charge in [0.1, 0.15) is 12.2 Å². The zero-order valence-corrected chi connectivity index (χ0v) is 21.8. The highest BCUT2D eigenvalue weighted by Crippen LogP contribution is 2.32. The SMILES string of the molecule is CC1OC(n2ccc3ccc(Cl)c(Cl)c3c2=O)C(O)C1O.O=P(O)(O)O.O=P(O)(O)O.O=P(O)(O)O. The Kier molecular flexibility index (Phi) is 13.5. The van der Waals surface area contributed by atoms with Crippen LogP contribution in [0.2, 0.25) is 10.0 Å². The molecule has 1 aliphatic rings. The van der Waals surface area contributed by atoms with Crippen LogP contribution in [0.15, 0.2) is 29.2 Å². The van der Waals surface area contributed by atoms with E-state index in [9.17, 15) is 15.0 Å². The Labute approximate surface area is 211 Å². The zero-order valence-electron chi connectivity index (χ0n) is 17.6. The fourth-order valence-electron chi connectivity index (χ4n) is 2.54. The van der Waals surface area contributed by atoms with E-state index in [0.717, 1.165) is 0 Å². The number of hydrogen-bond acceptors (Lipinski definition) is 7. The summed E-state index contributed by atoms with van der Waals surface area (Å²) in [5.41, 5.74) is -0.426. The van der Waals surface area contributed by atoms with Gasteiger partial charge < -0.3 is 59.0 Å². The first kappa shape index (κ1) is 35.2. The first-order valence-electron chi connectivity index (χ1n) is 8.77. The normalized spacial score (nSPS) is 21.9. The van der Waals surface area contributed by atoms with Crippen LogP contribution >= 0.6 is 46.7 Å². The number of rotatable bonds is 1. The van der Waals surface area contributed by atoms with Crippen LogP contribution in [0.1, 0.15) is 13.2 Å². The number of benzene rings is 1. The minimum absolute atomic E-state index is 0.162. The number of phosphoric acid groups is 3. The number of aliphatic hydroxyl groups is 2. The molecule has 4 atom stereocenters. The van der Waals surface area contributed by atoms with E-state index in [1.54, 1.807) is 25.1 Å². The maximum atomic E-state index is 12.6. The molecular weight excluding hydrogens is 602 g/mol. The average molecular weight is 624 g/mol. The minimum Gasteiger partial charge on any atom is -0.388 e. The summed E-state index contributed by atoms with van der Waals surface area (Å²) in [6, 6.07) is 4.99. The summed E-state index contributed by atoms with van der Waals surface area (Å²) in [5, 5.41) is 21.1. The van der Waals surface area contributed by atoms with Gasteiger partial charge in [-0.05, 0) is 24.4 Å². The van der Waals surface area contributed by atoms with Gasteiger partial charge in [0.2, 0.25) is 0 Å². The molecule has 11 N–H and O–H groups in total. The van der Waals surface area contributed by atoms with Crippen molar-refractivity contribution in [2.24, 2.45) is 0 Å². The number of nitrogens with zero attached hydrogens (tertiary/aromatic N) is 1. The van der Waals surface area contributed by atoms with Crippen molar-refractivity contribution in [2.75, 3.05) is 0 Å². The molecule has 208 valence electrons. The fourth-order valence-corrected chi connectivity index (χ4v) is 2.95. The Hall–Kier alpha value is -0.780. The quantitative estimate of drug-likeness (QED) is 0.172. The molecule has 1 aromatic heterocycles. The molecule has 1 fully saturated rings. The van der Waals surface area contributed by atoms with E-state index in [4.69, 9.17) is 85.7 Å². The predicted molar refractivity (Wildman–Crippen MR) is 123 cm³/mol. The van der Waals surface area contributed by atoms with Crippen molar-refractivity contribution in [3.05, 3.63) is 44.8 Å². The highest BCUT2D eigenvalue weighted by Gasteiger charge is 2.41. The average Bonchev–Trinajstić information content (AvgIpc) is 2.88. The lowest BCUT2D eigenvalue weighted by Crippen LogP contribution is -2.34. The van der Waals surface area contributed by atoms with Crippen LogP contribution in [0.4, 0.5) is 0 Å². The third-order valence-corrected chi connectivity index (χ3v) is 4.55. The Balaban J connectivity index is 0.000000672. The molecule has 3 rings (SSSR count). The Morgan fingerprint density at radius 2 is 1.22 bits per heavy atom. The van der Waals surface area contributed by atoms with Gasteiger partial charge in [0.05, 0.1) is 21.5 Å². The number of pyridine rings is 1. The summed E-state index contributed by atoms with van der Waals surface area (Å²) in [7, 11) is -13.9. The van der Waals surface area contributed by atoms with E-state index in [0.29, 0.717) is 5.39 Å². The van der Waals surface area contributed by atoms with Gasteiger partial charge in [-0.15, -0.1) is 0 Å². The molecule has 17 nitrogen and oxygen atoms in total. The van der Waals surface area contributed by atoms with Crippen molar-refractivity contribution in [2.45, 2.75) is 31.5 Å². The van der Waals surface area contributed by atoms with E-state index in [1.807, 2.05) is 0 Å². The molecular formula is C14H22Cl2NO16P3. The molecule has 1 aromatic carbocycles. The molecule has 0 spiro atoms. The molecule has 4 unspecified atom stereocenters. The van der Waals surface area contributed by atoms with Crippen LogP contribution in [0.25, 0.3) is 10.8 Å². The second-order valence-corrected chi connectivity index (χ2v) is 10.5. The lowest BCUT2D eigenvalue weighted by Gasteiger charge is -2.18. The molecule has 0 radical (unpaired) electrons. The summed E-state index contributed by atoms with van der Waals surface area (Å²) in [5.74, 6) is 0. The first-order valence-corrected chi connectivity index (χ1v) is 14.2. The largest absolute Gasteiger partial charge is 0.466 e. The standard InChI is InChI=1S/C14H13Cl2NO4.3H3O4P/c1-6-11(18)12(19)14(21-6)17-5-4-7-2-3-8(15)10(16)9(7)13(17)20;3*1-5(2,3)4/h2-6,11-12,14,18-19H,1H3;3*(H3,1,2,3,4). The van der Waals surface area contributed by atoms with Crippen LogP contribution in [-0.4, -0.2) is 77.1 Å². The van der Waals surface area contributed by atoms with Crippen LogP contribution in [-0.2, 0) is 18.4 Å². The van der Waals surface area contributed by atoms with Crippen molar-refractivity contribution in [3.8, 4) is 0 Å². The molecule has 0 aliphatic carbocycles. The number of ether oxygens (including phenoxy) is 1. The van der Waals surface area contributed by atoms with Gasteiger partial charge in [0.25, 0.3) is 5.56 Å². The number of aliphatic hydroxyl groups excluding tert-OH is 2. The molecule has 1 saturated heterocycles. The van der Waals surface area contributed by atoms with E-state index in [1.165, 1.54) is 10.8 Å². The summed E-state index contributed by atoms with van der Waals surface area (Å²) in [4.78, 5) is 77.3. The Morgan fingerprint density at radius 3 is 1.58 bits per heavy atom. The summed E-state index contributed by atoms with van der Waals surface area (Å²) >= 11 is 12.1. The van der Waals surface area contributed by atoms with Gasteiger partial charge >= 0.3 is 23.5 Å². The van der Waals surface area contributed by atoms with Gasteiger partial charge in [-0.1, -0.05) is 29.3 Å². The zero-order chi connectivity index (χ0) is 28.8. The van der Waals surface area contributed by atoms with Crippen molar-refractivity contribution >= 4 is 57.4 Å². The topological polar surface area (TPSA) is 305 Å². The molecule has 0 amide bonds. The maximum Gasteiger partial charge on any atom is 0.466 e. The highest BCUT2D eigenvalue weighted by atomic mass is 35.5. The first-order chi connectivity index (χ1) is 15.9. The Morgan fingerprint density at radius 1 is 0.806 bits per heavy atom. The number of fused-ring (bicyclic) bond motifs is 1. The minimum atomic E-state index is -4.64. The summed E-state index contributed by atoms with van der Waals surface area (Å²) in [6.45, 7) is 1.63. The van der Waals surface area contributed by atoms with Crippen LogP contribution in [0.5, 0.6) is 0 Å². The van der Waals surface area contributed by atoms with E-state index in [-0.39, 0.29) is 15.4 Å². The number of hydrogen-bond donors (Lipinski definition) is 11. The van der Waals surface area contributed by atoms with Crippen LogP contribution < -0.4 is 5.56 Å². The monoisotopic (exact) mass is 623 g/mol. The highest BCUT2D eigenvalue weighted by molar-refractivity contribution is 7.45. The second-order valence-electron chi connectivity index (χ2n) is 6.61. The predicted octanol–water partition coefficient (Wildman–Crippen LogP) is -0.838. The van der Waals surface area contributed by atoms with Crippen molar-refractivity contribution < 1.29 is 72.7 Å². The Bertz CT molecular complexity index is 1150. The van der Waals surface area contributed by atoms with E-state index >= 15 is 0 Å². The fraction of sp³-hybridized carbons (Fsp3) is 0.357. The lowest BCUT2D eigenvalue weighted by molar-refractivity contribution is -0.0339. The molecule has 2 heterocycles. The van der Waals surface area contributed by atoms with Crippen molar-refractivity contribution in [3.63, 3.8) is 0 Å². The van der Waals surface area contributed by atoms with Crippen molar-refractivity contribution in [1.29, 1.82) is 0 Å². The van der Waals surface area contributed by atoms with Gasteiger partial charge in [-0.25, -0.2) is 13.7 Å². The number of aromatic nitrogens is 1. The third kappa shape index (κ3) is 14.2. The van der Waals surface area contributed by atoms with E-state index < -0.39 is 53.6 Å². The van der Waals surface area contributed by atoms with Crippen molar-refractivity contribution in [1.82, 2.24) is 4.57 Å². The van der Waals surface area contributed by atoms with Gasteiger partial charge in [0.15, 0.2) is 6.23 Å². The molecule has 0 saturated carbocycles. The summed E-state index contributed by atoms with van der Waals surface area (Å²) in [6.07, 6.45) is -2.25. The van der Waals surface area contributed by atoms with Gasteiger partial charge in [-0.2, -0.15) is 0 Å².